The molecule has 0 saturated carbocycles. The van der Waals surface area contributed by atoms with Crippen molar-refractivity contribution in [2.24, 2.45) is 0 Å². The summed E-state index contributed by atoms with van der Waals surface area (Å²) in [6.45, 7) is 1.32. The second-order valence-corrected chi connectivity index (χ2v) is 5.92. The van der Waals surface area contributed by atoms with E-state index in [0.29, 0.717) is 10.6 Å². The van der Waals surface area contributed by atoms with E-state index in [2.05, 4.69) is 5.10 Å². The van der Waals surface area contributed by atoms with E-state index in [-0.39, 0.29) is 28.5 Å². The van der Waals surface area contributed by atoms with Crippen LogP contribution in [0.25, 0.3) is 5.69 Å². The molecule has 0 spiro atoms. The summed E-state index contributed by atoms with van der Waals surface area (Å²) in [5.41, 5.74) is 0.520. The van der Waals surface area contributed by atoms with Crippen molar-refractivity contribution in [2.75, 3.05) is 0 Å². The second kappa shape index (κ2) is 6.17. The third kappa shape index (κ3) is 2.86. The number of ketones is 2. The number of nitro benzene ring substituents is 1. The molecule has 3 rings (SSSR count). The number of carbonyl (C=O) groups is 2. The predicted molar refractivity (Wildman–Crippen MR) is 88.0 cm³/mol. The molecule has 0 unspecified atom stereocenters. The van der Waals surface area contributed by atoms with Gasteiger partial charge in [-0.3, -0.25) is 19.7 Å². The molecule has 0 atom stereocenters. The van der Waals surface area contributed by atoms with Gasteiger partial charge in [0, 0.05) is 25.3 Å². The average Bonchev–Trinajstić information content (AvgIpc) is 3.24. The summed E-state index contributed by atoms with van der Waals surface area (Å²) in [5, 5.41) is 16.8. The maximum absolute atomic E-state index is 12.5. The largest absolute Gasteiger partial charge is 0.293 e. The van der Waals surface area contributed by atoms with Crippen molar-refractivity contribution < 1.29 is 14.5 Å². The molecule has 0 aliphatic carbocycles. The molecule has 1 aromatic carbocycles. The van der Waals surface area contributed by atoms with E-state index in [0.717, 1.165) is 0 Å². The van der Waals surface area contributed by atoms with Crippen molar-refractivity contribution in [3.63, 3.8) is 0 Å². The molecule has 0 aliphatic rings. The second-order valence-electron chi connectivity index (χ2n) is 4.98. The van der Waals surface area contributed by atoms with Gasteiger partial charge in [-0.1, -0.05) is 12.1 Å². The van der Waals surface area contributed by atoms with E-state index in [1.54, 1.807) is 23.6 Å². The van der Waals surface area contributed by atoms with Crippen molar-refractivity contribution in [3.8, 4) is 5.69 Å². The molecule has 2 heterocycles. The van der Waals surface area contributed by atoms with Crippen molar-refractivity contribution in [1.82, 2.24) is 9.78 Å². The lowest BCUT2D eigenvalue weighted by atomic mass is 10.1. The first-order valence-corrected chi connectivity index (χ1v) is 7.79. The SMILES string of the molecule is CC(=O)c1nn(-c2cccc([N+](=O)[O-])c2)cc1C(=O)c1cccs1. The zero-order valence-corrected chi connectivity index (χ0v) is 13.3. The normalized spacial score (nSPS) is 10.5. The molecule has 0 saturated heterocycles. The summed E-state index contributed by atoms with van der Waals surface area (Å²) in [6, 6.07) is 9.23. The standard InChI is InChI=1S/C16H11N3O4S/c1-10(20)15-13(16(21)14-6-3-7-24-14)9-18(17-15)11-4-2-5-12(8-11)19(22)23/h2-9H,1H3. The van der Waals surface area contributed by atoms with Gasteiger partial charge in [0.15, 0.2) is 5.78 Å². The first-order valence-electron chi connectivity index (χ1n) is 6.91. The molecule has 0 aliphatic heterocycles. The third-order valence-electron chi connectivity index (χ3n) is 3.34. The van der Waals surface area contributed by atoms with Gasteiger partial charge in [-0.15, -0.1) is 11.3 Å². The highest BCUT2D eigenvalue weighted by molar-refractivity contribution is 7.12. The van der Waals surface area contributed by atoms with Gasteiger partial charge in [0.05, 0.1) is 21.1 Å². The highest BCUT2D eigenvalue weighted by Crippen LogP contribution is 2.21. The Kier molecular flexibility index (Phi) is 4.05. The van der Waals surface area contributed by atoms with E-state index in [1.807, 2.05) is 0 Å². The summed E-state index contributed by atoms with van der Waals surface area (Å²) in [4.78, 5) is 35.3. The van der Waals surface area contributed by atoms with Gasteiger partial charge in [0.1, 0.15) is 5.69 Å². The molecule has 0 bridgehead atoms. The molecule has 0 N–H and O–H groups in total. The zero-order valence-electron chi connectivity index (χ0n) is 12.5. The van der Waals surface area contributed by atoms with Crippen molar-refractivity contribution >= 4 is 28.6 Å². The summed E-state index contributed by atoms with van der Waals surface area (Å²) < 4.78 is 1.31. The number of rotatable bonds is 5. The lowest BCUT2D eigenvalue weighted by Crippen LogP contribution is -2.05. The average molecular weight is 341 g/mol. The van der Waals surface area contributed by atoms with Crippen LogP contribution >= 0.6 is 11.3 Å². The van der Waals surface area contributed by atoms with Crippen molar-refractivity contribution in [2.45, 2.75) is 6.92 Å². The maximum atomic E-state index is 12.5. The van der Waals surface area contributed by atoms with Gasteiger partial charge in [0.25, 0.3) is 5.69 Å². The molecule has 120 valence electrons. The fourth-order valence-corrected chi connectivity index (χ4v) is 2.90. The number of thiophene rings is 1. The van der Waals surface area contributed by atoms with Gasteiger partial charge in [-0.25, -0.2) is 4.68 Å². The summed E-state index contributed by atoms with van der Waals surface area (Å²) in [5.74, 6) is -0.647. The van der Waals surface area contributed by atoms with E-state index >= 15 is 0 Å². The predicted octanol–water partition coefficient (Wildman–Crippen LogP) is 3.28. The van der Waals surface area contributed by atoms with Crippen LogP contribution in [0.1, 0.15) is 32.6 Å². The van der Waals surface area contributed by atoms with Crippen LogP contribution in [0.3, 0.4) is 0 Å². The lowest BCUT2D eigenvalue weighted by Gasteiger charge is -2.00. The zero-order chi connectivity index (χ0) is 17.3. The number of carbonyl (C=O) groups excluding carboxylic acids is 2. The van der Waals surface area contributed by atoms with E-state index in [1.165, 1.54) is 47.3 Å². The minimum atomic E-state index is -0.517. The van der Waals surface area contributed by atoms with Gasteiger partial charge in [-0.2, -0.15) is 5.10 Å². The quantitative estimate of drug-likeness (QED) is 0.403. The van der Waals surface area contributed by atoms with Crippen molar-refractivity contribution in [1.29, 1.82) is 0 Å². The molecule has 0 amide bonds. The minimum absolute atomic E-state index is 0.0416. The van der Waals surface area contributed by atoms with Gasteiger partial charge < -0.3 is 0 Å². The van der Waals surface area contributed by atoms with Crippen LogP contribution in [0, 0.1) is 10.1 Å². The van der Waals surface area contributed by atoms with E-state index in [9.17, 15) is 19.7 Å². The van der Waals surface area contributed by atoms with Crippen LogP contribution in [-0.4, -0.2) is 26.3 Å². The van der Waals surface area contributed by atoms with Crippen LogP contribution in [0.4, 0.5) is 5.69 Å². The number of hydrogen-bond acceptors (Lipinski definition) is 6. The molecular formula is C16H11N3O4S. The topological polar surface area (TPSA) is 95.1 Å². The lowest BCUT2D eigenvalue weighted by molar-refractivity contribution is -0.384. The Morgan fingerprint density at radius 3 is 2.67 bits per heavy atom. The van der Waals surface area contributed by atoms with Crippen molar-refractivity contribution in [3.05, 3.63) is 74.2 Å². The molecule has 24 heavy (non-hydrogen) atoms. The first kappa shape index (κ1) is 15.8. The Morgan fingerprint density at radius 2 is 2.04 bits per heavy atom. The molecule has 8 heteroatoms. The van der Waals surface area contributed by atoms with E-state index < -0.39 is 4.92 Å². The molecule has 0 fully saturated rings. The number of nitrogens with zero attached hydrogens (tertiary/aromatic N) is 3. The maximum Gasteiger partial charge on any atom is 0.271 e. The molecule has 0 radical (unpaired) electrons. The van der Waals surface area contributed by atoms with Crippen LogP contribution in [0.5, 0.6) is 0 Å². The highest BCUT2D eigenvalue weighted by Gasteiger charge is 2.22. The monoisotopic (exact) mass is 341 g/mol. The Balaban J connectivity index is 2.10. The molecule has 7 nitrogen and oxygen atoms in total. The summed E-state index contributed by atoms with van der Waals surface area (Å²) in [6.07, 6.45) is 1.43. The number of Topliss-reactive ketones (excluding diaryl/α,β-unsaturated/α-hetero) is 1. The smallest absolute Gasteiger partial charge is 0.271 e. The van der Waals surface area contributed by atoms with Crippen LogP contribution in [-0.2, 0) is 0 Å². The van der Waals surface area contributed by atoms with Crippen LogP contribution < -0.4 is 0 Å². The number of aromatic nitrogens is 2. The third-order valence-corrected chi connectivity index (χ3v) is 4.21. The molecular weight excluding hydrogens is 330 g/mol. The molecule has 2 aromatic heterocycles. The number of nitro groups is 1. The van der Waals surface area contributed by atoms with Gasteiger partial charge >= 0.3 is 0 Å². The Bertz CT molecular complexity index is 944. The Morgan fingerprint density at radius 1 is 1.25 bits per heavy atom. The summed E-state index contributed by atoms with van der Waals surface area (Å²) >= 11 is 1.27. The van der Waals surface area contributed by atoms with Gasteiger partial charge in [0.2, 0.25) is 5.78 Å². The molecule has 3 aromatic rings. The van der Waals surface area contributed by atoms with Gasteiger partial charge in [-0.05, 0) is 17.5 Å². The number of non-ortho nitro benzene ring substituents is 1. The fourth-order valence-electron chi connectivity index (χ4n) is 2.22. The highest BCUT2D eigenvalue weighted by atomic mass is 32.1. The summed E-state index contributed by atoms with van der Waals surface area (Å²) in [7, 11) is 0. The minimum Gasteiger partial charge on any atom is -0.293 e. The number of benzene rings is 1. The first-order chi connectivity index (χ1) is 11.5. The number of hydrogen-bond donors (Lipinski definition) is 0. The Hall–Kier alpha value is -3.13. The van der Waals surface area contributed by atoms with Crippen LogP contribution in [0.15, 0.2) is 48.0 Å². The van der Waals surface area contributed by atoms with Crippen LogP contribution in [0.2, 0.25) is 0 Å². The van der Waals surface area contributed by atoms with E-state index in [4.69, 9.17) is 0 Å². The fraction of sp³-hybridized carbons (Fsp3) is 0.0625. The Labute approximate surface area is 140 Å².